The second-order valence-corrected chi connectivity index (χ2v) is 6.17. The molecule has 5 nitrogen and oxygen atoms in total. The maximum Gasteiger partial charge on any atom is 0.227 e. The molecule has 1 atom stereocenters. The van der Waals surface area contributed by atoms with Gasteiger partial charge in [0.1, 0.15) is 11.9 Å². The van der Waals surface area contributed by atoms with Gasteiger partial charge in [0, 0.05) is 24.8 Å². The van der Waals surface area contributed by atoms with Crippen molar-refractivity contribution in [1.29, 1.82) is 5.26 Å². The summed E-state index contributed by atoms with van der Waals surface area (Å²) in [6.07, 6.45) is 2.45. The van der Waals surface area contributed by atoms with Crippen molar-refractivity contribution in [2.24, 2.45) is 5.92 Å². The number of para-hydroxylation sites is 1. The van der Waals surface area contributed by atoms with Crippen LogP contribution in [0.25, 0.3) is 0 Å². The highest BCUT2D eigenvalue weighted by Crippen LogP contribution is 2.24. The number of aromatic nitrogens is 2. The van der Waals surface area contributed by atoms with E-state index in [1.165, 1.54) is 12.8 Å². The Kier molecular flexibility index (Phi) is 4.42. The summed E-state index contributed by atoms with van der Waals surface area (Å²) in [5, 5.41) is 12.5. The molecule has 2 heterocycles. The van der Waals surface area contributed by atoms with E-state index in [4.69, 9.17) is 0 Å². The topological polar surface area (TPSA) is 64.8 Å². The monoisotopic (exact) mass is 307 g/mol. The van der Waals surface area contributed by atoms with Gasteiger partial charge < -0.3 is 10.2 Å². The van der Waals surface area contributed by atoms with Gasteiger partial charge in [-0.15, -0.1) is 0 Å². The quantitative estimate of drug-likeness (QED) is 0.938. The zero-order valence-corrected chi connectivity index (χ0v) is 13.6. The number of piperidine rings is 1. The van der Waals surface area contributed by atoms with Crippen molar-refractivity contribution in [1.82, 2.24) is 9.97 Å². The molecule has 1 aliphatic heterocycles. The minimum atomic E-state index is 0.608. The number of hydrogen-bond donors (Lipinski definition) is 1. The van der Waals surface area contributed by atoms with Crippen LogP contribution in [-0.2, 0) is 0 Å². The Bertz CT molecular complexity index is 734. The first-order valence-electron chi connectivity index (χ1n) is 8.02. The Balaban J connectivity index is 1.87. The number of benzene rings is 1. The van der Waals surface area contributed by atoms with Gasteiger partial charge >= 0.3 is 0 Å². The summed E-state index contributed by atoms with van der Waals surface area (Å²) in [6, 6.07) is 11.6. The van der Waals surface area contributed by atoms with Crippen molar-refractivity contribution in [2.45, 2.75) is 26.7 Å². The van der Waals surface area contributed by atoms with Crippen LogP contribution in [0.15, 0.2) is 30.3 Å². The predicted octanol–water partition coefficient (Wildman–Crippen LogP) is 3.64. The molecule has 1 aromatic heterocycles. The fourth-order valence-corrected chi connectivity index (χ4v) is 2.96. The zero-order valence-electron chi connectivity index (χ0n) is 13.6. The number of nitrogens with zero attached hydrogens (tertiary/aromatic N) is 4. The highest BCUT2D eigenvalue weighted by molar-refractivity contribution is 5.65. The minimum absolute atomic E-state index is 0.608. The van der Waals surface area contributed by atoms with E-state index in [1.54, 1.807) is 6.07 Å². The first kappa shape index (κ1) is 15.3. The molecular weight excluding hydrogens is 286 g/mol. The maximum atomic E-state index is 9.21. The zero-order chi connectivity index (χ0) is 16.2. The highest BCUT2D eigenvalue weighted by atomic mass is 15.3. The van der Waals surface area contributed by atoms with E-state index in [2.05, 4.69) is 33.2 Å². The van der Waals surface area contributed by atoms with Crippen LogP contribution in [0.2, 0.25) is 0 Å². The fraction of sp³-hybridized carbons (Fsp3) is 0.389. The molecule has 0 saturated carbocycles. The fourth-order valence-electron chi connectivity index (χ4n) is 2.96. The average Bonchev–Trinajstić information content (AvgIpc) is 2.55. The number of nitrogens with one attached hydrogen (secondary N) is 1. The molecule has 0 radical (unpaired) electrons. The number of nitriles is 1. The van der Waals surface area contributed by atoms with Crippen LogP contribution in [0.1, 0.15) is 31.0 Å². The number of hydrogen-bond acceptors (Lipinski definition) is 5. The van der Waals surface area contributed by atoms with Crippen LogP contribution >= 0.6 is 0 Å². The van der Waals surface area contributed by atoms with E-state index in [9.17, 15) is 5.26 Å². The van der Waals surface area contributed by atoms with Gasteiger partial charge in [0.05, 0.1) is 11.3 Å². The lowest BCUT2D eigenvalue weighted by molar-refractivity contribution is 0.442. The Morgan fingerprint density at radius 1 is 1.30 bits per heavy atom. The molecule has 0 bridgehead atoms. The summed E-state index contributed by atoms with van der Waals surface area (Å²) >= 11 is 0. The van der Waals surface area contributed by atoms with Crippen LogP contribution in [0.3, 0.4) is 0 Å². The number of rotatable bonds is 3. The SMILES string of the molecule is Cc1cc(Nc2ccccc2C#N)nc(N2CCCC(C)C2)n1. The second kappa shape index (κ2) is 6.66. The predicted molar refractivity (Wildman–Crippen MR) is 91.8 cm³/mol. The molecule has 1 unspecified atom stereocenters. The van der Waals surface area contributed by atoms with E-state index < -0.39 is 0 Å². The van der Waals surface area contributed by atoms with Gasteiger partial charge in [-0.25, -0.2) is 4.98 Å². The summed E-state index contributed by atoms with van der Waals surface area (Å²) in [5.74, 6) is 2.17. The summed E-state index contributed by atoms with van der Waals surface area (Å²) in [7, 11) is 0. The van der Waals surface area contributed by atoms with Crippen molar-refractivity contribution < 1.29 is 0 Å². The lowest BCUT2D eigenvalue weighted by Gasteiger charge is -2.31. The molecule has 0 aliphatic carbocycles. The van der Waals surface area contributed by atoms with Gasteiger partial charge in [-0.3, -0.25) is 0 Å². The Hall–Kier alpha value is -2.61. The van der Waals surface area contributed by atoms with E-state index in [1.807, 2.05) is 31.2 Å². The average molecular weight is 307 g/mol. The molecular formula is C18H21N5. The van der Waals surface area contributed by atoms with E-state index in [-0.39, 0.29) is 0 Å². The number of aryl methyl sites for hydroxylation is 1. The van der Waals surface area contributed by atoms with Gasteiger partial charge in [0.25, 0.3) is 0 Å². The van der Waals surface area contributed by atoms with Crippen LogP contribution in [0.5, 0.6) is 0 Å². The largest absolute Gasteiger partial charge is 0.340 e. The van der Waals surface area contributed by atoms with E-state index in [0.29, 0.717) is 11.5 Å². The van der Waals surface area contributed by atoms with Gasteiger partial charge in [-0.1, -0.05) is 19.1 Å². The summed E-state index contributed by atoms with van der Waals surface area (Å²) in [4.78, 5) is 11.5. The lowest BCUT2D eigenvalue weighted by atomic mass is 10.0. The molecule has 2 aromatic rings. The van der Waals surface area contributed by atoms with Crippen LogP contribution < -0.4 is 10.2 Å². The third-order valence-electron chi connectivity index (χ3n) is 4.09. The first-order chi connectivity index (χ1) is 11.2. The normalized spacial score (nSPS) is 17.6. The van der Waals surface area contributed by atoms with Crippen LogP contribution in [-0.4, -0.2) is 23.1 Å². The summed E-state index contributed by atoms with van der Waals surface area (Å²) in [6.45, 7) is 6.24. The first-order valence-corrected chi connectivity index (χ1v) is 8.02. The Morgan fingerprint density at radius 2 is 2.13 bits per heavy atom. The van der Waals surface area contributed by atoms with Crippen molar-refractivity contribution in [3.63, 3.8) is 0 Å². The van der Waals surface area contributed by atoms with E-state index >= 15 is 0 Å². The molecule has 23 heavy (non-hydrogen) atoms. The van der Waals surface area contributed by atoms with Crippen molar-refractivity contribution in [3.8, 4) is 6.07 Å². The highest BCUT2D eigenvalue weighted by Gasteiger charge is 2.19. The second-order valence-electron chi connectivity index (χ2n) is 6.17. The minimum Gasteiger partial charge on any atom is -0.340 e. The van der Waals surface area contributed by atoms with Crippen LogP contribution in [0, 0.1) is 24.2 Å². The molecule has 1 saturated heterocycles. The lowest BCUT2D eigenvalue weighted by Crippen LogP contribution is -2.35. The molecule has 0 amide bonds. The van der Waals surface area contributed by atoms with Gasteiger partial charge in [-0.2, -0.15) is 10.2 Å². The molecule has 1 fully saturated rings. The molecule has 3 rings (SSSR count). The summed E-state index contributed by atoms with van der Waals surface area (Å²) in [5.41, 5.74) is 2.30. The number of anilines is 3. The molecule has 1 aliphatic rings. The molecule has 0 spiro atoms. The Morgan fingerprint density at radius 3 is 2.91 bits per heavy atom. The summed E-state index contributed by atoms with van der Waals surface area (Å²) < 4.78 is 0. The molecule has 5 heteroatoms. The van der Waals surface area contributed by atoms with Crippen molar-refractivity contribution >= 4 is 17.5 Å². The third kappa shape index (κ3) is 3.59. The van der Waals surface area contributed by atoms with E-state index in [0.717, 1.165) is 36.2 Å². The van der Waals surface area contributed by atoms with Gasteiger partial charge in [0.2, 0.25) is 5.95 Å². The molecule has 118 valence electrons. The smallest absolute Gasteiger partial charge is 0.227 e. The standard InChI is InChI=1S/C18H21N5/c1-13-6-5-9-23(12-13)18-20-14(2)10-17(22-18)21-16-8-4-3-7-15(16)11-19/h3-4,7-8,10,13H,5-6,9,12H2,1-2H3,(H,20,21,22). The molecule has 1 N–H and O–H groups in total. The van der Waals surface area contributed by atoms with Gasteiger partial charge in [-0.05, 0) is 37.8 Å². The Labute approximate surface area is 137 Å². The van der Waals surface area contributed by atoms with Crippen molar-refractivity contribution in [2.75, 3.05) is 23.3 Å². The molecule has 1 aromatic carbocycles. The maximum absolute atomic E-state index is 9.21. The third-order valence-corrected chi connectivity index (χ3v) is 4.09. The van der Waals surface area contributed by atoms with Crippen molar-refractivity contribution in [3.05, 3.63) is 41.6 Å². The van der Waals surface area contributed by atoms with Crippen LogP contribution in [0.4, 0.5) is 17.5 Å². The van der Waals surface area contributed by atoms with Gasteiger partial charge in [0.15, 0.2) is 0 Å².